The molecule has 5 nitrogen and oxygen atoms in total. The zero-order valence-corrected chi connectivity index (χ0v) is 13.3. The second-order valence-electron chi connectivity index (χ2n) is 5.30. The summed E-state index contributed by atoms with van der Waals surface area (Å²) in [6, 6.07) is 9.24. The van der Waals surface area contributed by atoms with Crippen LogP contribution >= 0.6 is 11.6 Å². The number of aromatic nitrogens is 2. The fraction of sp³-hybridized carbons (Fsp3) is 0.118. The van der Waals surface area contributed by atoms with Crippen molar-refractivity contribution in [2.24, 2.45) is 12.8 Å². The van der Waals surface area contributed by atoms with Crippen molar-refractivity contribution in [3.05, 3.63) is 52.4 Å². The fourth-order valence-electron chi connectivity index (χ4n) is 2.98. The van der Waals surface area contributed by atoms with Gasteiger partial charge in [-0.05, 0) is 42.3 Å². The van der Waals surface area contributed by atoms with Crippen molar-refractivity contribution in [2.45, 2.75) is 6.92 Å². The molecule has 2 aromatic heterocycles. The minimum absolute atomic E-state index is 0.360. The molecule has 2 heterocycles. The number of benzene rings is 1. The van der Waals surface area contributed by atoms with Gasteiger partial charge in [0.2, 0.25) is 0 Å². The minimum Gasteiger partial charge on any atom is -0.364 e. The van der Waals surface area contributed by atoms with Crippen LogP contribution in [0.4, 0.5) is 0 Å². The number of nitrogens with zero attached hydrogens (tertiary/aromatic N) is 3. The van der Waals surface area contributed by atoms with E-state index in [-0.39, 0.29) is 0 Å². The van der Waals surface area contributed by atoms with Gasteiger partial charge in [-0.15, -0.1) is 0 Å². The van der Waals surface area contributed by atoms with Gasteiger partial charge in [-0.2, -0.15) is 5.26 Å². The number of carbonyl (C=O) groups is 1. The molecule has 6 heteroatoms. The number of fused-ring (bicyclic) bond motifs is 1. The van der Waals surface area contributed by atoms with E-state index in [2.05, 4.69) is 11.1 Å². The summed E-state index contributed by atoms with van der Waals surface area (Å²) in [7, 11) is 1.79. The standard InChI is InChI=1S/C17H13ClN4O/c1-9-12-5-10(8-19)6-13(11-3-4-21-14(18)7-11)16(12)22(2)15(9)17(20)23/h3-7H,1-2H3,(H2,20,23). The van der Waals surface area contributed by atoms with E-state index in [1.807, 2.05) is 13.0 Å². The molecular formula is C17H13ClN4O. The first-order chi connectivity index (χ1) is 10.9. The Bertz CT molecular complexity index is 998. The molecule has 0 fully saturated rings. The van der Waals surface area contributed by atoms with E-state index in [4.69, 9.17) is 17.3 Å². The van der Waals surface area contributed by atoms with Gasteiger partial charge in [-0.1, -0.05) is 11.6 Å². The number of hydrogen-bond donors (Lipinski definition) is 1. The summed E-state index contributed by atoms with van der Waals surface area (Å²) < 4.78 is 1.76. The van der Waals surface area contributed by atoms with Crippen LogP contribution in [0.3, 0.4) is 0 Å². The first-order valence-corrected chi connectivity index (χ1v) is 7.26. The maximum absolute atomic E-state index is 11.8. The fourth-order valence-corrected chi connectivity index (χ4v) is 3.15. The molecule has 0 bridgehead atoms. The molecule has 0 aliphatic carbocycles. The zero-order chi connectivity index (χ0) is 16.7. The summed E-state index contributed by atoms with van der Waals surface area (Å²) in [5, 5.41) is 10.5. The number of hydrogen-bond acceptors (Lipinski definition) is 3. The molecule has 0 saturated heterocycles. The topological polar surface area (TPSA) is 84.7 Å². The van der Waals surface area contributed by atoms with Crippen molar-refractivity contribution in [2.75, 3.05) is 0 Å². The molecule has 23 heavy (non-hydrogen) atoms. The van der Waals surface area contributed by atoms with Crippen LogP contribution in [0.2, 0.25) is 5.15 Å². The van der Waals surface area contributed by atoms with Crippen LogP contribution < -0.4 is 5.73 Å². The quantitative estimate of drug-likeness (QED) is 0.735. The second kappa shape index (κ2) is 5.41. The van der Waals surface area contributed by atoms with Crippen molar-refractivity contribution in [1.29, 1.82) is 5.26 Å². The number of amides is 1. The number of halogens is 1. The lowest BCUT2D eigenvalue weighted by molar-refractivity contribution is 0.0992. The highest BCUT2D eigenvalue weighted by molar-refractivity contribution is 6.29. The number of nitrogens with two attached hydrogens (primary N) is 1. The monoisotopic (exact) mass is 324 g/mol. The van der Waals surface area contributed by atoms with Crippen molar-refractivity contribution in [1.82, 2.24) is 9.55 Å². The molecule has 0 radical (unpaired) electrons. The Labute approximate surface area is 137 Å². The molecule has 0 aliphatic rings. The molecule has 0 aliphatic heterocycles. The molecule has 1 aromatic carbocycles. The Morgan fingerprint density at radius 1 is 1.39 bits per heavy atom. The molecule has 0 saturated carbocycles. The van der Waals surface area contributed by atoms with Gasteiger partial charge in [0.25, 0.3) is 5.91 Å². The highest BCUT2D eigenvalue weighted by Gasteiger charge is 2.20. The van der Waals surface area contributed by atoms with Gasteiger partial charge < -0.3 is 10.3 Å². The predicted octanol–water partition coefficient (Wildman–Crippen LogP) is 3.17. The van der Waals surface area contributed by atoms with Crippen molar-refractivity contribution >= 4 is 28.4 Å². The molecule has 2 N–H and O–H groups in total. The van der Waals surface area contributed by atoms with Crippen LogP contribution in [0, 0.1) is 18.3 Å². The van der Waals surface area contributed by atoms with Crippen LogP contribution in [0.5, 0.6) is 0 Å². The highest BCUT2D eigenvalue weighted by Crippen LogP contribution is 2.35. The number of primary amides is 1. The normalized spacial score (nSPS) is 10.7. The molecule has 3 rings (SSSR count). The number of nitriles is 1. The molecule has 1 amide bonds. The Morgan fingerprint density at radius 2 is 2.13 bits per heavy atom. The molecule has 0 atom stereocenters. The SMILES string of the molecule is Cc1c(C(N)=O)n(C)c2c(-c3ccnc(Cl)c3)cc(C#N)cc12. The minimum atomic E-state index is -0.501. The molecule has 3 aromatic rings. The maximum Gasteiger partial charge on any atom is 0.265 e. The Kier molecular flexibility index (Phi) is 3.55. The lowest BCUT2D eigenvalue weighted by Crippen LogP contribution is -2.16. The molecular weight excluding hydrogens is 312 g/mol. The lowest BCUT2D eigenvalue weighted by Gasteiger charge is -2.08. The van der Waals surface area contributed by atoms with Gasteiger partial charge >= 0.3 is 0 Å². The number of carbonyl (C=O) groups excluding carboxylic acids is 1. The summed E-state index contributed by atoms with van der Waals surface area (Å²) in [4.78, 5) is 15.8. The molecule has 0 spiro atoms. The number of rotatable bonds is 2. The third-order valence-electron chi connectivity index (χ3n) is 3.94. The van der Waals surface area contributed by atoms with Gasteiger partial charge in [0.1, 0.15) is 10.8 Å². The Balaban J connectivity index is 2.48. The maximum atomic E-state index is 11.8. The van der Waals surface area contributed by atoms with E-state index in [0.29, 0.717) is 16.4 Å². The Hall–Kier alpha value is -2.84. The molecule has 0 unspecified atom stereocenters. The Morgan fingerprint density at radius 3 is 2.74 bits per heavy atom. The van der Waals surface area contributed by atoms with E-state index < -0.39 is 5.91 Å². The average molecular weight is 325 g/mol. The van der Waals surface area contributed by atoms with Crippen LogP contribution in [0.25, 0.3) is 22.0 Å². The van der Waals surface area contributed by atoms with Crippen LogP contribution in [-0.4, -0.2) is 15.5 Å². The zero-order valence-electron chi connectivity index (χ0n) is 12.6. The highest BCUT2D eigenvalue weighted by atomic mass is 35.5. The summed E-state index contributed by atoms with van der Waals surface area (Å²) in [5.41, 5.74) is 9.66. The second-order valence-corrected chi connectivity index (χ2v) is 5.68. The van der Waals surface area contributed by atoms with E-state index in [1.165, 1.54) is 0 Å². The van der Waals surface area contributed by atoms with E-state index in [9.17, 15) is 10.1 Å². The number of aryl methyl sites for hydroxylation is 2. The van der Waals surface area contributed by atoms with E-state index >= 15 is 0 Å². The van der Waals surface area contributed by atoms with Crippen molar-refractivity contribution in [3.63, 3.8) is 0 Å². The third-order valence-corrected chi connectivity index (χ3v) is 4.15. The summed E-state index contributed by atoms with van der Waals surface area (Å²) in [5.74, 6) is -0.501. The lowest BCUT2D eigenvalue weighted by atomic mass is 9.99. The first kappa shape index (κ1) is 15.1. The van der Waals surface area contributed by atoms with Crippen molar-refractivity contribution < 1.29 is 4.79 Å². The predicted molar refractivity (Wildman–Crippen MR) is 89.1 cm³/mol. The third kappa shape index (κ3) is 2.33. The number of pyridine rings is 1. The van der Waals surface area contributed by atoms with Gasteiger partial charge in [0.15, 0.2) is 0 Å². The van der Waals surface area contributed by atoms with E-state index in [0.717, 1.165) is 27.6 Å². The van der Waals surface area contributed by atoms with Crippen LogP contribution in [0.15, 0.2) is 30.5 Å². The molecule has 114 valence electrons. The average Bonchev–Trinajstić information content (AvgIpc) is 2.77. The van der Waals surface area contributed by atoms with Gasteiger partial charge in [-0.25, -0.2) is 4.98 Å². The smallest absolute Gasteiger partial charge is 0.265 e. The van der Waals surface area contributed by atoms with Crippen LogP contribution in [-0.2, 0) is 7.05 Å². The van der Waals surface area contributed by atoms with Gasteiger partial charge in [0.05, 0.1) is 17.1 Å². The largest absolute Gasteiger partial charge is 0.364 e. The summed E-state index contributed by atoms with van der Waals surface area (Å²) in [6.45, 7) is 1.83. The van der Waals surface area contributed by atoms with Crippen LogP contribution in [0.1, 0.15) is 21.6 Å². The van der Waals surface area contributed by atoms with Gasteiger partial charge in [-0.3, -0.25) is 4.79 Å². The summed E-state index contributed by atoms with van der Waals surface area (Å²) in [6.07, 6.45) is 1.60. The summed E-state index contributed by atoms with van der Waals surface area (Å²) >= 11 is 5.99. The van der Waals surface area contributed by atoms with E-state index in [1.54, 1.807) is 36.0 Å². The first-order valence-electron chi connectivity index (χ1n) is 6.89. The van der Waals surface area contributed by atoms with Crippen molar-refractivity contribution in [3.8, 4) is 17.2 Å². The van der Waals surface area contributed by atoms with Gasteiger partial charge in [0, 0.05) is 24.2 Å².